The molecule has 112 valence electrons. The van der Waals surface area contributed by atoms with Gasteiger partial charge in [0.1, 0.15) is 11.5 Å². The fourth-order valence-corrected chi connectivity index (χ4v) is 1.96. The maximum Gasteiger partial charge on any atom is 0.119 e. The Balaban J connectivity index is 1.68. The molecule has 0 saturated carbocycles. The molecular weight excluding hydrogens is 262 g/mol. The van der Waals surface area contributed by atoms with Crippen LogP contribution < -0.4 is 14.8 Å². The molecule has 0 aliphatic carbocycles. The van der Waals surface area contributed by atoms with Gasteiger partial charge in [-0.1, -0.05) is 6.07 Å². The third-order valence-electron chi connectivity index (χ3n) is 3.45. The molecule has 0 atom stereocenters. The summed E-state index contributed by atoms with van der Waals surface area (Å²) >= 11 is 0. The fraction of sp³-hybridized carbons (Fsp3) is 0.333. The standard InChI is InChI=1S/C18H23NO2/c1-14-5-8-18(13-15(14)2)21-12-4-11-20-17-9-6-16(19-3)7-10-17/h5-10,13,19H,4,11-12H2,1-3H3. The van der Waals surface area contributed by atoms with Crippen LogP contribution in [0, 0.1) is 13.8 Å². The zero-order valence-electron chi connectivity index (χ0n) is 13.0. The summed E-state index contributed by atoms with van der Waals surface area (Å²) in [4.78, 5) is 0. The Kier molecular flexibility index (Phi) is 5.50. The zero-order chi connectivity index (χ0) is 15.1. The van der Waals surface area contributed by atoms with E-state index in [1.807, 2.05) is 37.4 Å². The summed E-state index contributed by atoms with van der Waals surface area (Å²) in [5, 5.41) is 3.08. The second-order valence-corrected chi connectivity index (χ2v) is 5.07. The van der Waals surface area contributed by atoms with Crippen molar-refractivity contribution in [1.82, 2.24) is 0 Å². The molecule has 0 aliphatic rings. The zero-order valence-corrected chi connectivity index (χ0v) is 13.0. The van der Waals surface area contributed by atoms with E-state index in [2.05, 4.69) is 31.3 Å². The van der Waals surface area contributed by atoms with Crippen molar-refractivity contribution in [3.05, 3.63) is 53.6 Å². The highest BCUT2D eigenvalue weighted by Crippen LogP contribution is 2.17. The van der Waals surface area contributed by atoms with Crippen molar-refractivity contribution < 1.29 is 9.47 Å². The Morgan fingerprint density at radius 2 is 1.43 bits per heavy atom. The number of rotatable bonds is 7. The second kappa shape index (κ2) is 7.58. The minimum atomic E-state index is 0.656. The summed E-state index contributed by atoms with van der Waals surface area (Å²) in [6.45, 7) is 5.52. The van der Waals surface area contributed by atoms with Crippen LogP contribution in [0.3, 0.4) is 0 Å². The summed E-state index contributed by atoms with van der Waals surface area (Å²) in [5.74, 6) is 1.82. The number of hydrogen-bond acceptors (Lipinski definition) is 3. The van der Waals surface area contributed by atoms with Gasteiger partial charge in [-0.25, -0.2) is 0 Å². The molecule has 0 fully saturated rings. The first-order valence-electron chi connectivity index (χ1n) is 7.29. The van der Waals surface area contributed by atoms with Gasteiger partial charge in [-0.3, -0.25) is 0 Å². The first-order chi connectivity index (χ1) is 10.2. The van der Waals surface area contributed by atoms with Crippen LogP contribution in [0.1, 0.15) is 17.5 Å². The van der Waals surface area contributed by atoms with Crippen molar-refractivity contribution >= 4 is 5.69 Å². The summed E-state index contributed by atoms with van der Waals surface area (Å²) in [6.07, 6.45) is 0.862. The minimum absolute atomic E-state index is 0.656. The van der Waals surface area contributed by atoms with Crippen molar-refractivity contribution in [2.24, 2.45) is 0 Å². The highest BCUT2D eigenvalue weighted by molar-refractivity contribution is 5.45. The van der Waals surface area contributed by atoms with Crippen molar-refractivity contribution in [3.63, 3.8) is 0 Å². The lowest BCUT2D eigenvalue weighted by atomic mass is 10.1. The molecule has 0 bridgehead atoms. The summed E-state index contributed by atoms with van der Waals surface area (Å²) in [7, 11) is 1.90. The highest BCUT2D eigenvalue weighted by Gasteiger charge is 1.98. The lowest BCUT2D eigenvalue weighted by Gasteiger charge is -2.09. The SMILES string of the molecule is CNc1ccc(OCCCOc2ccc(C)c(C)c2)cc1. The fourth-order valence-electron chi connectivity index (χ4n) is 1.96. The molecule has 3 heteroatoms. The van der Waals surface area contributed by atoms with Gasteiger partial charge in [0.25, 0.3) is 0 Å². The quantitative estimate of drug-likeness (QED) is 0.774. The number of ether oxygens (including phenoxy) is 2. The molecule has 3 nitrogen and oxygen atoms in total. The van der Waals surface area contributed by atoms with Gasteiger partial charge in [-0.2, -0.15) is 0 Å². The molecule has 0 aromatic heterocycles. The summed E-state index contributed by atoms with van der Waals surface area (Å²) in [6, 6.07) is 14.1. The van der Waals surface area contributed by atoms with E-state index >= 15 is 0 Å². The molecule has 2 aromatic carbocycles. The van der Waals surface area contributed by atoms with Crippen LogP contribution in [0.15, 0.2) is 42.5 Å². The van der Waals surface area contributed by atoms with Gasteiger partial charge in [0.05, 0.1) is 13.2 Å². The number of nitrogens with one attached hydrogen (secondary N) is 1. The number of anilines is 1. The monoisotopic (exact) mass is 285 g/mol. The molecule has 0 radical (unpaired) electrons. The van der Waals surface area contributed by atoms with E-state index in [-0.39, 0.29) is 0 Å². The Bertz CT molecular complexity index is 564. The molecule has 0 spiro atoms. The Morgan fingerprint density at radius 3 is 2.05 bits per heavy atom. The predicted molar refractivity (Wildman–Crippen MR) is 87.5 cm³/mol. The van der Waals surface area contributed by atoms with Gasteiger partial charge >= 0.3 is 0 Å². The smallest absolute Gasteiger partial charge is 0.119 e. The molecule has 0 heterocycles. The topological polar surface area (TPSA) is 30.5 Å². The highest BCUT2D eigenvalue weighted by atomic mass is 16.5. The van der Waals surface area contributed by atoms with Crippen LogP contribution in [0.5, 0.6) is 11.5 Å². The summed E-state index contributed by atoms with van der Waals surface area (Å²) < 4.78 is 11.4. The third-order valence-corrected chi connectivity index (χ3v) is 3.45. The van der Waals surface area contributed by atoms with Crippen molar-refractivity contribution in [2.75, 3.05) is 25.6 Å². The van der Waals surface area contributed by atoms with Crippen LogP contribution in [0.2, 0.25) is 0 Å². The van der Waals surface area contributed by atoms with Crippen LogP contribution in [-0.2, 0) is 0 Å². The maximum atomic E-state index is 5.73. The normalized spacial score (nSPS) is 10.2. The molecule has 1 N–H and O–H groups in total. The summed E-state index contributed by atoms with van der Waals surface area (Å²) in [5.41, 5.74) is 3.63. The van der Waals surface area contributed by atoms with E-state index in [1.165, 1.54) is 11.1 Å². The van der Waals surface area contributed by atoms with Gasteiger partial charge in [-0.15, -0.1) is 0 Å². The Hall–Kier alpha value is -2.16. The molecule has 0 saturated heterocycles. The van der Waals surface area contributed by atoms with Gasteiger partial charge in [-0.05, 0) is 61.4 Å². The van der Waals surface area contributed by atoms with Crippen LogP contribution in [-0.4, -0.2) is 20.3 Å². The molecule has 0 unspecified atom stereocenters. The second-order valence-electron chi connectivity index (χ2n) is 5.07. The van der Waals surface area contributed by atoms with E-state index in [9.17, 15) is 0 Å². The Morgan fingerprint density at radius 1 is 0.810 bits per heavy atom. The van der Waals surface area contributed by atoms with E-state index in [0.717, 1.165) is 23.6 Å². The lowest BCUT2D eigenvalue weighted by molar-refractivity contribution is 0.247. The molecule has 0 amide bonds. The molecule has 21 heavy (non-hydrogen) atoms. The third kappa shape index (κ3) is 4.71. The van der Waals surface area contributed by atoms with Crippen molar-refractivity contribution in [2.45, 2.75) is 20.3 Å². The van der Waals surface area contributed by atoms with E-state index in [0.29, 0.717) is 13.2 Å². The lowest BCUT2D eigenvalue weighted by Crippen LogP contribution is -2.05. The first-order valence-corrected chi connectivity index (χ1v) is 7.29. The van der Waals surface area contributed by atoms with Gasteiger partial charge in [0.15, 0.2) is 0 Å². The minimum Gasteiger partial charge on any atom is -0.493 e. The number of hydrogen-bond donors (Lipinski definition) is 1. The molecular formula is C18H23NO2. The van der Waals surface area contributed by atoms with Crippen LogP contribution in [0.4, 0.5) is 5.69 Å². The van der Waals surface area contributed by atoms with Gasteiger partial charge in [0, 0.05) is 19.2 Å². The molecule has 2 aromatic rings. The van der Waals surface area contributed by atoms with Crippen molar-refractivity contribution in [1.29, 1.82) is 0 Å². The van der Waals surface area contributed by atoms with Gasteiger partial charge < -0.3 is 14.8 Å². The number of benzene rings is 2. The largest absolute Gasteiger partial charge is 0.493 e. The van der Waals surface area contributed by atoms with E-state index < -0.39 is 0 Å². The van der Waals surface area contributed by atoms with Crippen molar-refractivity contribution in [3.8, 4) is 11.5 Å². The average Bonchev–Trinajstić information content (AvgIpc) is 2.51. The van der Waals surface area contributed by atoms with E-state index in [1.54, 1.807) is 0 Å². The maximum absolute atomic E-state index is 5.73. The molecule has 2 rings (SSSR count). The number of aryl methyl sites for hydroxylation is 2. The molecule has 0 aliphatic heterocycles. The predicted octanol–water partition coefficient (Wildman–Crippen LogP) is 4.19. The van der Waals surface area contributed by atoms with Crippen LogP contribution >= 0.6 is 0 Å². The van der Waals surface area contributed by atoms with Crippen LogP contribution in [0.25, 0.3) is 0 Å². The average molecular weight is 285 g/mol. The Labute approximate surface area is 126 Å². The van der Waals surface area contributed by atoms with E-state index in [4.69, 9.17) is 9.47 Å². The van der Waals surface area contributed by atoms with Gasteiger partial charge in [0.2, 0.25) is 0 Å². The first kappa shape index (κ1) is 15.2.